The lowest BCUT2D eigenvalue weighted by Crippen LogP contribution is -2.46. The molecular weight excluding hydrogens is 649 g/mol. The highest BCUT2D eigenvalue weighted by Gasteiger charge is 2.40. The van der Waals surface area contributed by atoms with Gasteiger partial charge in [-0.15, -0.1) is 0 Å². The Balaban J connectivity index is 1.37. The molecule has 3 aliphatic heterocycles. The second-order valence-corrected chi connectivity index (χ2v) is 13.8. The summed E-state index contributed by atoms with van der Waals surface area (Å²) in [6, 6.07) is 6.58. The van der Waals surface area contributed by atoms with Gasteiger partial charge < -0.3 is 43.3 Å². The van der Waals surface area contributed by atoms with Gasteiger partial charge >= 0.3 is 6.01 Å². The van der Waals surface area contributed by atoms with E-state index in [0.717, 1.165) is 11.8 Å². The summed E-state index contributed by atoms with van der Waals surface area (Å²) in [6.07, 6.45) is 0.534. The van der Waals surface area contributed by atoms with E-state index in [-0.39, 0.29) is 49.8 Å². The SMILES string of the molecule is CCc1c(F)ccc2cc(OCOC)cc(N3Cc4nc(OC[C@@H]5C[C@@H](OC)CN5C(O)OC(C)(C)C)nc(N5CCCOCC5)c4C3=O)c12. The van der Waals surface area contributed by atoms with Gasteiger partial charge in [-0.25, -0.2) is 9.29 Å². The highest BCUT2D eigenvalue weighted by atomic mass is 19.1. The van der Waals surface area contributed by atoms with Crippen molar-refractivity contribution in [3.05, 3.63) is 46.9 Å². The fourth-order valence-electron chi connectivity index (χ4n) is 6.90. The van der Waals surface area contributed by atoms with E-state index in [4.69, 9.17) is 38.4 Å². The van der Waals surface area contributed by atoms with E-state index in [9.17, 15) is 9.90 Å². The number of aryl methyl sites for hydroxylation is 1. The number of hydrogen-bond donors (Lipinski definition) is 1. The maximum Gasteiger partial charge on any atom is 0.318 e. The number of aliphatic hydroxyl groups is 1. The van der Waals surface area contributed by atoms with Crippen LogP contribution in [-0.2, 0) is 31.9 Å². The molecule has 4 heterocycles. The van der Waals surface area contributed by atoms with Crippen LogP contribution in [-0.4, -0.2) is 111 Å². The van der Waals surface area contributed by atoms with Crippen molar-refractivity contribution in [2.45, 2.75) is 77.7 Å². The van der Waals surface area contributed by atoms with E-state index in [0.29, 0.717) is 85.2 Å². The minimum Gasteiger partial charge on any atom is -0.467 e. The molecule has 14 heteroatoms. The third-order valence-corrected chi connectivity index (χ3v) is 9.24. The quantitative estimate of drug-likeness (QED) is 0.272. The molecule has 0 bridgehead atoms. The molecule has 272 valence electrons. The van der Waals surface area contributed by atoms with Crippen LogP contribution in [0.15, 0.2) is 24.3 Å². The summed E-state index contributed by atoms with van der Waals surface area (Å²) in [5.41, 5.74) is 1.34. The average Bonchev–Trinajstić information content (AvgIpc) is 3.53. The predicted octanol–water partition coefficient (Wildman–Crippen LogP) is 4.26. The van der Waals surface area contributed by atoms with Crippen molar-refractivity contribution in [1.29, 1.82) is 0 Å². The summed E-state index contributed by atoms with van der Waals surface area (Å²) in [5, 5.41) is 12.3. The highest BCUT2D eigenvalue weighted by Crippen LogP contribution is 2.41. The fraction of sp³-hybridized carbons (Fsp3) is 0.583. The molecule has 13 nitrogen and oxygen atoms in total. The summed E-state index contributed by atoms with van der Waals surface area (Å²) in [7, 11) is 3.18. The largest absolute Gasteiger partial charge is 0.467 e. The van der Waals surface area contributed by atoms with Crippen LogP contribution in [0, 0.1) is 5.82 Å². The number of ether oxygens (including phenoxy) is 6. The summed E-state index contributed by atoms with van der Waals surface area (Å²) in [6.45, 7) is 10.6. The number of likely N-dealkylation sites (tertiary alicyclic amines) is 1. The molecule has 50 heavy (non-hydrogen) atoms. The standard InChI is InChI=1S/C36H48FN5O8/c1-7-26-27(37)10-9-22-15-24(49-21-45-5)17-29(30(22)26)42-19-28-31(33(42)43)32(40-11-8-13-47-14-12-40)39-34(38-28)48-20-23-16-25(46-6)18-41(23)35(44)50-36(2,3)4/h9-10,15,17,23,25,35,44H,7-8,11-14,16,18-21H2,1-6H3/t23-,25+,35?/m0/s1. The molecule has 1 aromatic heterocycles. The lowest BCUT2D eigenvalue weighted by Gasteiger charge is -2.33. The molecule has 2 aromatic carbocycles. The van der Waals surface area contributed by atoms with Gasteiger partial charge in [-0.1, -0.05) is 13.0 Å². The molecule has 1 unspecified atom stereocenters. The van der Waals surface area contributed by atoms with E-state index in [2.05, 4.69) is 0 Å². The molecular formula is C36H48FN5O8. The van der Waals surface area contributed by atoms with Crippen molar-refractivity contribution in [2.75, 3.05) is 70.3 Å². The maximum absolute atomic E-state index is 15.2. The minimum absolute atomic E-state index is 0.0111. The normalized spacial score (nSPS) is 20.8. The number of carbonyl (C=O) groups is 1. The number of anilines is 2. The molecule has 2 fully saturated rings. The van der Waals surface area contributed by atoms with Crippen LogP contribution in [0.25, 0.3) is 10.8 Å². The van der Waals surface area contributed by atoms with Gasteiger partial charge in [-0.05, 0) is 63.1 Å². The van der Waals surface area contributed by atoms with E-state index in [1.54, 1.807) is 24.1 Å². The molecule has 0 spiro atoms. The van der Waals surface area contributed by atoms with E-state index in [1.165, 1.54) is 13.2 Å². The van der Waals surface area contributed by atoms with Gasteiger partial charge in [0.15, 0.2) is 6.79 Å². The van der Waals surface area contributed by atoms with Crippen LogP contribution in [0.3, 0.4) is 0 Å². The molecule has 6 rings (SSSR count). The number of aromatic nitrogens is 2. The number of methoxy groups -OCH3 is 2. The van der Waals surface area contributed by atoms with Gasteiger partial charge in [0.25, 0.3) is 5.91 Å². The van der Waals surface area contributed by atoms with Crippen molar-refractivity contribution in [2.24, 2.45) is 0 Å². The fourth-order valence-corrected chi connectivity index (χ4v) is 6.90. The molecule has 3 atom stereocenters. The zero-order valence-electron chi connectivity index (χ0n) is 29.7. The maximum atomic E-state index is 15.2. The Hall–Kier alpha value is -3.66. The Kier molecular flexibility index (Phi) is 11.1. The van der Waals surface area contributed by atoms with Crippen molar-refractivity contribution in [3.63, 3.8) is 0 Å². The Morgan fingerprint density at radius 2 is 1.94 bits per heavy atom. The first-order chi connectivity index (χ1) is 24.0. The van der Waals surface area contributed by atoms with Crippen LogP contribution in [0.1, 0.15) is 62.2 Å². The molecule has 2 saturated heterocycles. The van der Waals surface area contributed by atoms with Gasteiger partial charge in [0.2, 0.25) is 6.41 Å². The van der Waals surface area contributed by atoms with Gasteiger partial charge in [-0.3, -0.25) is 4.79 Å². The van der Waals surface area contributed by atoms with Crippen LogP contribution in [0.4, 0.5) is 15.9 Å². The van der Waals surface area contributed by atoms with Crippen LogP contribution in [0.2, 0.25) is 0 Å². The lowest BCUT2D eigenvalue weighted by molar-refractivity contribution is -0.244. The molecule has 0 radical (unpaired) electrons. The number of aliphatic hydroxyl groups excluding tert-OH is 1. The first-order valence-electron chi connectivity index (χ1n) is 17.2. The monoisotopic (exact) mass is 697 g/mol. The molecule has 1 amide bonds. The number of fused-ring (bicyclic) bond motifs is 2. The number of hydrogen-bond acceptors (Lipinski definition) is 12. The van der Waals surface area contributed by atoms with Crippen LogP contribution < -0.4 is 19.3 Å². The van der Waals surface area contributed by atoms with Gasteiger partial charge in [0.1, 0.15) is 29.6 Å². The number of rotatable bonds is 12. The van der Waals surface area contributed by atoms with Crippen molar-refractivity contribution < 1.29 is 42.7 Å². The minimum atomic E-state index is -1.15. The summed E-state index contributed by atoms with van der Waals surface area (Å²) in [4.78, 5) is 29.6. The van der Waals surface area contributed by atoms with Crippen LogP contribution >= 0.6 is 0 Å². The summed E-state index contributed by atoms with van der Waals surface area (Å²) >= 11 is 0. The molecule has 1 N–H and O–H groups in total. The number of amides is 1. The highest BCUT2D eigenvalue weighted by molar-refractivity contribution is 6.16. The first-order valence-corrected chi connectivity index (χ1v) is 17.2. The van der Waals surface area contributed by atoms with Gasteiger partial charge in [-0.2, -0.15) is 9.97 Å². The Bertz CT molecular complexity index is 1680. The Labute approximate surface area is 292 Å². The average molecular weight is 698 g/mol. The van der Waals surface area contributed by atoms with Crippen molar-refractivity contribution >= 4 is 28.2 Å². The third kappa shape index (κ3) is 7.65. The first kappa shape index (κ1) is 36.1. The third-order valence-electron chi connectivity index (χ3n) is 9.24. The summed E-state index contributed by atoms with van der Waals surface area (Å²) in [5.74, 6) is 0.317. The Morgan fingerprint density at radius 3 is 2.68 bits per heavy atom. The van der Waals surface area contributed by atoms with Crippen LogP contribution in [0.5, 0.6) is 11.8 Å². The number of halogens is 1. The second-order valence-electron chi connectivity index (χ2n) is 13.8. The predicted molar refractivity (Wildman–Crippen MR) is 184 cm³/mol. The smallest absolute Gasteiger partial charge is 0.318 e. The van der Waals surface area contributed by atoms with Gasteiger partial charge in [0.05, 0.1) is 42.3 Å². The number of nitrogens with zero attached hydrogens (tertiary/aromatic N) is 5. The number of benzene rings is 2. The zero-order valence-corrected chi connectivity index (χ0v) is 29.7. The Morgan fingerprint density at radius 1 is 1.12 bits per heavy atom. The van der Waals surface area contributed by atoms with Crippen molar-refractivity contribution in [1.82, 2.24) is 14.9 Å². The topological polar surface area (TPSA) is 128 Å². The number of carbonyl (C=O) groups excluding carboxylic acids is 1. The molecule has 3 aromatic rings. The zero-order chi connectivity index (χ0) is 35.6. The molecule has 3 aliphatic rings. The van der Waals surface area contributed by atoms with Gasteiger partial charge in [0, 0.05) is 51.9 Å². The molecule has 0 saturated carbocycles. The summed E-state index contributed by atoms with van der Waals surface area (Å²) < 4.78 is 49.7. The van der Waals surface area contributed by atoms with Crippen molar-refractivity contribution in [3.8, 4) is 11.8 Å². The van der Waals surface area contributed by atoms with E-state index < -0.39 is 12.0 Å². The van der Waals surface area contributed by atoms with E-state index in [1.807, 2.05) is 43.6 Å². The lowest BCUT2D eigenvalue weighted by atomic mass is 9.99. The second kappa shape index (κ2) is 15.3. The molecule has 0 aliphatic carbocycles. The van der Waals surface area contributed by atoms with E-state index >= 15 is 4.39 Å².